The van der Waals surface area contributed by atoms with E-state index in [1.54, 1.807) is 11.5 Å². The molecule has 6 heteroatoms. The summed E-state index contributed by atoms with van der Waals surface area (Å²) in [6.07, 6.45) is 0.389. The number of rotatable bonds is 5. The molecule has 1 unspecified atom stereocenters. The van der Waals surface area contributed by atoms with Gasteiger partial charge >= 0.3 is 5.69 Å². The maximum Gasteiger partial charge on any atom is 0.344 e. The largest absolute Gasteiger partial charge is 0.393 e. The van der Waals surface area contributed by atoms with Gasteiger partial charge in [-0.05, 0) is 27.2 Å². The van der Waals surface area contributed by atoms with Crippen LogP contribution in [0.4, 0.5) is 0 Å². The fourth-order valence-corrected chi connectivity index (χ4v) is 2.35. The van der Waals surface area contributed by atoms with Crippen molar-refractivity contribution in [3.05, 3.63) is 10.5 Å². The van der Waals surface area contributed by atoms with Crippen molar-refractivity contribution in [1.82, 2.24) is 14.8 Å². The highest BCUT2D eigenvalue weighted by molar-refractivity contribution is 7.99. The topological polar surface area (TPSA) is 70.9 Å². The number of nitrogens with one attached hydrogen (secondary N) is 1. The fraction of sp³-hybridized carbons (Fsp3) is 0.778. The average molecular weight is 231 g/mol. The number of aliphatic hydroxyl groups excluding tert-OH is 1. The monoisotopic (exact) mass is 231 g/mol. The van der Waals surface area contributed by atoms with Gasteiger partial charge in [-0.3, -0.25) is 4.57 Å². The molecule has 0 saturated carbocycles. The number of thioether (sulfide) groups is 1. The molecule has 0 aliphatic rings. The Hall–Kier alpha value is -0.750. The van der Waals surface area contributed by atoms with Crippen LogP contribution in [0.5, 0.6) is 0 Å². The third-order valence-electron chi connectivity index (χ3n) is 1.96. The molecule has 1 rings (SSSR count). The number of aliphatic hydroxyl groups is 1. The van der Waals surface area contributed by atoms with E-state index < -0.39 is 0 Å². The van der Waals surface area contributed by atoms with Crippen molar-refractivity contribution >= 4 is 11.8 Å². The zero-order chi connectivity index (χ0) is 11.4. The summed E-state index contributed by atoms with van der Waals surface area (Å²) in [5.74, 6) is 0.759. The number of hydrogen-bond donors (Lipinski definition) is 2. The van der Waals surface area contributed by atoms with Crippen LogP contribution in [0.2, 0.25) is 0 Å². The molecule has 0 bridgehead atoms. The molecule has 0 spiro atoms. The third-order valence-corrected chi connectivity index (χ3v) is 2.94. The van der Waals surface area contributed by atoms with E-state index in [0.29, 0.717) is 11.6 Å². The zero-order valence-electron chi connectivity index (χ0n) is 9.23. The summed E-state index contributed by atoms with van der Waals surface area (Å²) in [4.78, 5) is 11.4. The molecule has 1 heterocycles. The lowest BCUT2D eigenvalue weighted by atomic mass is 10.3. The molecule has 1 atom stereocenters. The second-order valence-corrected chi connectivity index (χ2v) is 4.82. The lowest BCUT2D eigenvalue weighted by Crippen LogP contribution is -2.19. The normalized spacial score (nSPS) is 13.4. The summed E-state index contributed by atoms with van der Waals surface area (Å²) in [6, 6.07) is 0.102. The predicted molar refractivity (Wildman–Crippen MR) is 60.3 cm³/mol. The molecule has 2 N–H and O–H groups in total. The number of nitrogens with zero attached hydrogens (tertiary/aromatic N) is 2. The molecule has 86 valence electrons. The number of aromatic amines is 1. The smallest absolute Gasteiger partial charge is 0.344 e. The second kappa shape index (κ2) is 5.37. The molecule has 0 aliphatic carbocycles. The Morgan fingerprint density at radius 1 is 1.53 bits per heavy atom. The summed E-state index contributed by atoms with van der Waals surface area (Å²) in [5, 5.41) is 16.2. The molecular weight excluding hydrogens is 214 g/mol. The van der Waals surface area contributed by atoms with Gasteiger partial charge in [-0.2, -0.15) is 0 Å². The van der Waals surface area contributed by atoms with E-state index >= 15 is 0 Å². The van der Waals surface area contributed by atoms with Crippen LogP contribution >= 0.6 is 11.8 Å². The highest BCUT2D eigenvalue weighted by Crippen LogP contribution is 2.17. The van der Waals surface area contributed by atoms with Crippen LogP contribution in [-0.2, 0) is 0 Å². The minimum Gasteiger partial charge on any atom is -0.393 e. The lowest BCUT2D eigenvalue weighted by Gasteiger charge is -2.08. The Bertz CT molecular complexity index is 356. The van der Waals surface area contributed by atoms with Crippen molar-refractivity contribution in [3.63, 3.8) is 0 Å². The van der Waals surface area contributed by atoms with Gasteiger partial charge in [-0.1, -0.05) is 11.8 Å². The quantitative estimate of drug-likeness (QED) is 0.742. The van der Waals surface area contributed by atoms with Crippen LogP contribution in [0.3, 0.4) is 0 Å². The molecule has 0 radical (unpaired) electrons. The van der Waals surface area contributed by atoms with E-state index in [2.05, 4.69) is 10.2 Å². The minimum absolute atomic E-state index is 0.102. The van der Waals surface area contributed by atoms with E-state index in [-0.39, 0.29) is 17.8 Å². The SMILES string of the molecule is CC(O)CCSc1n[nH]c(=O)n1C(C)C. The van der Waals surface area contributed by atoms with Crippen molar-refractivity contribution in [2.75, 3.05) is 5.75 Å². The molecule has 15 heavy (non-hydrogen) atoms. The maximum atomic E-state index is 11.4. The van der Waals surface area contributed by atoms with Crippen molar-refractivity contribution in [3.8, 4) is 0 Å². The Morgan fingerprint density at radius 3 is 2.73 bits per heavy atom. The minimum atomic E-state index is -0.310. The van der Waals surface area contributed by atoms with E-state index in [9.17, 15) is 4.79 Å². The number of H-pyrrole nitrogens is 1. The maximum absolute atomic E-state index is 11.4. The Morgan fingerprint density at radius 2 is 2.20 bits per heavy atom. The van der Waals surface area contributed by atoms with Crippen LogP contribution in [0.1, 0.15) is 33.2 Å². The first-order valence-corrected chi connectivity index (χ1v) is 5.98. The molecule has 0 saturated heterocycles. The van der Waals surface area contributed by atoms with Crippen molar-refractivity contribution < 1.29 is 5.11 Å². The number of aromatic nitrogens is 3. The first-order valence-electron chi connectivity index (χ1n) is 5.00. The Kier molecular flexibility index (Phi) is 4.41. The van der Waals surface area contributed by atoms with E-state index in [0.717, 1.165) is 5.75 Å². The predicted octanol–water partition coefficient (Wildman–Crippen LogP) is 1.02. The molecule has 1 aromatic heterocycles. The lowest BCUT2D eigenvalue weighted by molar-refractivity contribution is 0.192. The van der Waals surface area contributed by atoms with Crippen molar-refractivity contribution in [2.45, 2.75) is 44.5 Å². The first kappa shape index (κ1) is 12.3. The second-order valence-electron chi connectivity index (χ2n) is 3.76. The first-order chi connectivity index (χ1) is 7.02. The van der Waals surface area contributed by atoms with Gasteiger partial charge in [-0.25, -0.2) is 9.89 Å². The molecule has 5 nitrogen and oxygen atoms in total. The molecule has 1 aromatic rings. The van der Waals surface area contributed by atoms with Crippen LogP contribution in [0.25, 0.3) is 0 Å². The van der Waals surface area contributed by atoms with Gasteiger partial charge in [0.1, 0.15) is 0 Å². The van der Waals surface area contributed by atoms with Crippen molar-refractivity contribution in [1.29, 1.82) is 0 Å². The standard InChI is InChI=1S/C9H17N3O2S/c1-6(2)12-8(14)10-11-9(12)15-5-4-7(3)13/h6-7,13H,4-5H2,1-3H3,(H,10,14). The summed E-state index contributed by atoms with van der Waals surface area (Å²) in [5.41, 5.74) is -0.176. The third kappa shape index (κ3) is 3.39. The van der Waals surface area contributed by atoms with Crippen LogP contribution in [-0.4, -0.2) is 31.7 Å². The van der Waals surface area contributed by atoms with Crippen LogP contribution in [0, 0.1) is 0 Å². The van der Waals surface area contributed by atoms with Crippen LogP contribution in [0.15, 0.2) is 9.95 Å². The summed E-state index contributed by atoms with van der Waals surface area (Å²) in [6.45, 7) is 5.63. The van der Waals surface area contributed by atoms with Gasteiger partial charge < -0.3 is 5.11 Å². The van der Waals surface area contributed by atoms with E-state index in [1.165, 1.54) is 11.8 Å². The fourth-order valence-electron chi connectivity index (χ4n) is 1.17. The highest BCUT2D eigenvalue weighted by atomic mass is 32.2. The molecule has 0 amide bonds. The van der Waals surface area contributed by atoms with Crippen LogP contribution < -0.4 is 5.69 Å². The number of hydrogen-bond acceptors (Lipinski definition) is 4. The van der Waals surface area contributed by atoms with Crippen molar-refractivity contribution in [2.24, 2.45) is 0 Å². The van der Waals surface area contributed by atoms with Gasteiger partial charge in [0.25, 0.3) is 0 Å². The summed E-state index contributed by atoms with van der Waals surface area (Å²) >= 11 is 1.49. The van der Waals surface area contributed by atoms with Gasteiger partial charge in [0.05, 0.1) is 6.10 Å². The van der Waals surface area contributed by atoms with Gasteiger partial charge in [0.15, 0.2) is 5.16 Å². The van der Waals surface area contributed by atoms with Gasteiger partial charge in [0, 0.05) is 11.8 Å². The van der Waals surface area contributed by atoms with E-state index in [1.807, 2.05) is 13.8 Å². The molecular formula is C9H17N3O2S. The molecule has 0 aromatic carbocycles. The summed E-state index contributed by atoms with van der Waals surface area (Å²) in [7, 11) is 0. The molecule has 0 aliphatic heterocycles. The average Bonchev–Trinajstić information content (AvgIpc) is 2.46. The van der Waals surface area contributed by atoms with E-state index in [4.69, 9.17) is 5.11 Å². The van der Waals surface area contributed by atoms with Gasteiger partial charge in [0.2, 0.25) is 0 Å². The highest BCUT2D eigenvalue weighted by Gasteiger charge is 2.11. The molecule has 0 fully saturated rings. The Labute approximate surface area is 92.9 Å². The zero-order valence-corrected chi connectivity index (χ0v) is 10.0. The Balaban J connectivity index is 2.65. The summed E-state index contributed by atoms with van der Waals surface area (Å²) < 4.78 is 1.62. The van der Waals surface area contributed by atoms with Gasteiger partial charge in [-0.15, -0.1) is 5.10 Å².